The monoisotopic (exact) mass is 511 g/mol. The number of hydrazone groups is 1. The van der Waals surface area contributed by atoms with E-state index >= 15 is 0 Å². The van der Waals surface area contributed by atoms with Crippen molar-refractivity contribution in [3.05, 3.63) is 99.5 Å². The zero-order valence-electron chi connectivity index (χ0n) is 16.9. The molecule has 3 aromatic rings. The quantitative estimate of drug-likeness (QED) is 0.354. The number of nitrogens with zero attached hydrogens (tertiary/aromatic N) is 2. The normalized spacial score (nSPS) is 11.8. The van der Waals surface area contributed by atoms with Crippen LogP contribution in [-0.2, 0) is 21.4 Å². The van der Waals surface area contributed by atoms with Crippen LogP contribution in [0.15, 0.2) is 76.7 Å². The summed E-state index contributed by atoms with van der Waals surface area (Å²) >= 11 is 11.9. The largest absolute Gasteiger partial charge is 0.272 e. The maximum atomic E-state index is 14.3. The minimum Gasteiger partial charge on any atom is -0.272 e. The SMILES string of the molecule is O=C(CN(Cc1c(F)cccc1Cl)S(=O)(=O)c1ccc(Cl)cc1)N/N=C\c1ccc(F)cc1. The highest BCUT2D eigenvalue weighted by Gasteiger charge is 2.28. The first-order valence-corrected chi connectivity index (χ1v) is 11.6. The van der Waals surface area contributed by atoms with Crippen LogP contribution < -0.4 is 5.43 Å². The molecule has 0 fully saturated rings. The number of amides is 1. The first kappa shape index (κ1) is 24.8. The second-order valence-corrected chi connectivity index (χ2v) is 9.55. The van der Waals surface area contributed by atoms with Crippen LogP contribution >= 0.6 is 23.2 Å². The fourth-order valence-electron chi connectivity index (χ4n) is 2.76. The predicted molar refractivity (Wildman–Crippen MR) is 123 cm³/mol. The van der Waals surface area contributed by atoms with Crippen molar-refractivity contribution in [2.45, 2.75) is 11.4 Å². The molecule has 0 aliphatic carbocycles. The highest BCUT2D eigenvalue weighted by Crippen LogP contribution is 2.25. The van der Waals surface area contributed by atoms with Gasteiger partial charge < -0.3 is 0 Å². The van der Waals surface area contributed by atoms with Crippen LogP contribution in [0.5, 0.6) is 0 Å². The van der Waals surface area contributed by atoms with Gasteiger partial charge >= 0.3 is 0 Å². The smallest absolute Gasteiger partial charge is 0.255 e. The van der Waals surface area contributed by atoms with Gasteiger partial charge in [0.05, 0.1) is 17.7 Å². The lowest BCUT2D eigenvalue weighted by Crippen LogP contribution is -2.39. The number of nitrogens with one attached hydrogen (secondary N) is 1. The van der Waals surface area contributed by atoms with Gasteiger partial charge in [-0.2, -0.15) is 9.41 Å². The molecule has 172 valence electrons. The van der Waals surface area contributed by atoms with Crippen LogP contribution in [0.25, 0.3) is 0 Å². The summed E-state index contributed by atoms with van der Waals surface area (Å²) < 4.78 is 54.5. The van der Waals surface area contributed by atoms with E-state index in [1.165, 1.54) is 66.9 Å². The Morgan fingerprint density at radius 3 is 2.30 bits per heavy atom. The summed E-state index contributed by atoms with van der Waals surface area (Å²) in [7, 11) is -4.23. The second-order valence-electron chi connectivity index (χ2n) is 6.77. The Morgan fingerprint density at radius 2 is 1.67 bits per heavy atom. The molecule has 0 aliphatic heterocycles. The van der Waals surface area contributed by atoms with Crippen LogP contribution in [0.1, 0.15) is 11.1 Å². The molecule has 0 aliphatic rings. The van der Waals surface area contributed by atoms with E-state index in [2.05, 4.69) is 10.5 Å². The zero-order chi connectivity index (χ0) is 24.0. The Kier molecular flexibility index (Phi) is 8.15. The molecule has 0 radical (unpaired) electrons. The van der Waals surface area contributed by atoms with Crippen molar-refractivity contribution in [3.8, 4) is 0 Å². The highest BCUT2D eigenvalue weighted by atomic mass is 35.5. The molecule has 0 atom stereocenters. The van der Waals surface area contributed by atoms with E-state index in [-0.39, 0.29) is 15.5 Å². The molecular weight excluding hydrogens is 495 g/mol. The number of sulfonamides is 1. The summed E-state index contributed by atoms with van der Waals surface area (Å²) in [5.41, 5.74) is 2.64. The van der Waals surface area contributed by atoms with E-state index in [1.807, 2.05) is 0 Å². The van der Waals surface area contributed by atoms with E-state index in [0.717, 1.165) is 10.4 Å². The standard InChI is InChI=1S/C22H17Cl2F2N3O3S/c23-16-6-10-18(11-7-16)33(31,32)29(13-19-20(24)2-1-3-21(19)26)14-22(30)28-27-12-15-4-8-17(25)9-5-15/h1-12H,13-14H2,(H,28,30)/b27-12-. The minimum atomic E-state index is -4.23. The van der Waals surface area contributed by atoms with Crippen molar-refractivity contribution >= 4 is 45.3 Å². The number of hydrogen-bond donors (Lipinski definition) is 1. The molecule has 3 rings (SSSR count). The van der Waals surface area contributed by atoms with Gasteiger partial charge in [-0.25, -0.2) is 22.6 Å². The highest BCUT2D eigenvalue weighted by molar-refractivity contribution is 7.89. The molecule has 1 amide bonds. The summed E-state index contributed by atoms with van der Waals surface area (Å²) in [6, 6.07) is 14.6. The van der Waals surface area contributed by atoms with Gasteiger partial charge in [0, 0.05) is 22.2 Å². The van der Waals surface area contributed by atoms with Crippen molar-refractivity contribution in [2.75, 3.05) is 6.54 Å². The van der Waals surface area contributed by atoms with Gasteiger partial charge in [-0.3, -0.25) is 4.79 Å². The molecule has 0 aromatic heterocycles. The lowest BCUT2D eigenvalue weighted by molar-refractivity contribution is -0.121. The summed E-state index contributed by atoms with van der Waals surface area (Å²) in [4.78, 5) is 12.3. The molecule has 0 saturated heterocycles. The number of benzene rings is 3. The van der Waals surface area contributed by atoms with E-state index in [4.69, 9.17) is 23.2 Å². The number of halogens is 4. The third-order valence-electron chi connectivity index (χ3n) is 4.44. The molecule has 1 N–H and O–H groups in total. The van der Waals surface area contributed by atoms with Gasteiger partial charge in [-0.05, 0) is 54.1 Å². The molecule has 6 nitrogen and oxygen atoms in total. The lowest BCUT2D eigenvalue weighted by Gasteiger charge is -2.22. The molecule has 33 heavy (non-hydrogen) atoms. The Hall–Kier alpha value is -2.85. The predicted octanol–water partition coefficient (Wildman–Crippen LogP) is 4.61. The van der Waals surface area contributed by atoms with Gasteiger partial charge in [0.2, 0.25) is 10.0 Å². The van der Waals surface area contributed by atoms with Crippen molar-refractivity contribution in [1.82, 2.24) is 9.73 Å². The van der Waals surface area contributed by atoms with Crippen molar-refractivity contribution in [3.63, 3.8) is 0 Å². The third kappa shape index (κ3) is 6.58. The fourth-order valence-corrected chi connectivity index (χ4v) is 4.48. The van der Waals surface area contributed by atoms with E-state index < -0.39 is 40.7 Å². The average molecular weight is 512 g/mol. The van der Waals surface area contributed by atoms with Crippen molar-refractivity contribution in [1.29, 1.82) is 0 Å². The third-order valence-corrected chi connectivity index (χ3v) is 6.85. The van der Waals surface area contributed by atoms with E-state index in [0.29, 0.717) is 10.6 Å². The summed E-state index contributed by atoms with van der Waals surface area (Å²) in [6.45, 7) is -1.16. The van der Waals surface area contributed by atoms with Crippen molar-refractivity contribution in [2.24, 2.45) is 5.10 Å². The van der Waals surface area contributed by atoms with Gasteiger partial charge in [0.15, 0.2) is 0 Å². The molecule has 0 spiro atoms. The Morgan fingerprint density at radius 1 is 1.00 bits per heavy atom. The number of carbonyl (C=O) groups excluding carboxylic acids is 1. The number of carbonyl (C=O) groups is 1. The van der Waals surface area contributed by atoms with Crippen LogP contribution in [0.2, 0.25) is 10.0 Å². The summed E-state index contributed by atoms with van der Waals surface area (Å²) in [5.74, 6) is -1.92. The maximum Gasteiger partial charge on any atom is 0.255 e. The van der Waals surface area contributed by atoms with Crippen LogP contribution in [0.3, 0.4) is 0 Å². The van der Waals surface area contributed by atoms with Crippen LogP contribution in [0, 0.1) is 11.6 Å². The number of hydrogen-bond acceptors (Lipinski definition) is 4. The first-order chi connectivity index (χ1) is 15.7. The molecule has 0 bridgehead atoms. The maximum absolute atomic E-state index is 14.3. The Bertz CT molecular complexity index is 1250. The number of rotatable bonds is 8. The minimum absolute atomic E-state index is 0.0149. The average Bonchev–Trinajstić information content (AvgIpc) is 2.77. The second kappa shape index (κ2) is 10.8. The first-order valence-electron chi connectivity index (χ1n) is 9.43. The molecule has 0 heterocycles. The van der Waals surface area contributed by atoms with Gasteiger partial charge in [-0.1, -0.05) is 41.4 Å². The molecule has 0 unspecified atom stereocenters. The van der Waals surface area contributed by atoms with E-state index in [1.54, 1.807) is 0 Å². The summed E-state index contributed by atoms with van der Waals surface area (Å²) in [5, 5.41) is 4.09. The fraction of sp³-hybridized carbons (Fsp3) is 0.0909. The zero-order valence-corrected chi connectivity index (χ0v) is 19.2. The Labute approximate surface area is 199 Å². The van der Waals surface area contributed by atoms with Gasteiger partial charge in [0.25, 0.3) is 5.91 Å². The topological polar surface area (TPSA) is 78.8 Å². The molecule has 3 aromatic carbocycles. The van der Waals surface area contributed by atoms with Crippen LogP contribution in [0.4, 0.5) is 8.78 Å². The summed E-state index contributed by atoms with van der Waals surface area (Å²) in [6.07, 6.45) is 1.27. The van der Waals surface area contributed by atoms with Crippen LogP contribution in [-0.4, -0.2) is 31.4 Å². The van der Waals surface area contributed by atoms with E-state index in [9.17, 15) is 22.0 Å². The molecule has 0 saturated carbocycles. The van der Waals surface area contributed by atoms with Gasteiger partial charge in [0.1, 0.15) is 11.6 Å². The van der Waals surface area contributed by atoms with Gasteiger partial charge in [-0.15, -0.1) is 0 Å². The van der Waals surface area contributed by atoms with Crippen molar-refractivity contribution < 1.29 is 22.0 Å². The molecule has 11 heteroatoms. The Balaban J connectivity index is 1.84. The molecular formula is C22H17Cl2F2N3O3S. The lowest BCUT2D eigenvalue weighted by atomic mass is 10.2.